The number of carbonyl (C=O) groups is 2. The van der Waals surface area contributed by atoms with Crippen LogP contribution in [0.2, 0.25) is 0 Å². The molecule has 0 saturated carbocycles. The largest absolute Gasteiger partial charge is 0.493 e. The van der Waals surface area contributed by atoms with Crippen molar-refractivity contribution in [1.29, 1.82) is 0 Å². The maximum absolute atomic E-state index is 12.5. The van der Waals surface area contributed by atoms with Crippen LogP contribution in [0.15, 0.2) is 47.4 Å². The Morgan fingerprint density at radius 2 is 1.79 bits per heavy atom. The van der Waals surface area contributed by atoms with E-state index in [2.05, 4.69) is 12.2 Å². The summed E-state index contributed by atoms with van der Waals surface area (Å²) >= 11 is 1.13. The van der Waals surface area contributed by atoms with Crippen molar-refractivity contribution in [2.24, 2.45) is 0 Å². The van der Waals surface area contributed by atoms with E-state index < -0.39 is 0 Å². The molecule has 0 aliphatic rings. The van der Waals surface area contributed by atoms with Crippen molar-refractivity contribution in [1.82, 2.24) is 4.90 Å². The summed E-state index contributed by atoms with van der Waals surface area (Å²) in [6.07, 6.45) is 2.00. The second-order valence-electron chi connectivity index (χ2n) is 6.31. The second-order valence-corrected chi connectivity index (χ2v) is 7.33. The summed E-state index contributed by atoms with van der Waals surface area (Å²) in [7, 11) is 4.96. The number of hydrogen-bond donors (Lipinski definition) is 1. The molecule has 0 radical (unpaired) electrons. The third-order valence-corrected chi connectivity index (χ3v) is 4.91. The van der Waals surface area contributed by atoms with Gasteiger partial charge in [-0.05, 0) is 60.6 Å². The van der Waals surface area contributed by atoms with Gasteiger partial charge in [0.15, 0.2) is 11.5 Å². The van der Waals surface area contributed by atoms with Gasteiger partial charge in [0.05, 0.1) is 13.7 Å². The molecule has 150 valence electrons. The minimum absolute atomic E-state index is 0.0508. The Bertz CT molecular complexity index is 807. The average Bonchev–Trinajstić information content (AvgIpc) is 2.69. The molecule has 6 nitrogen and oxygen atoms in total. The Morgan fingerprint density at radius 3 is 2.39 bits per heavy atom. The number of nitrogens with one attached hydrogen (secondary N) is 1. The van der Waals surface area contributed by atoms with Crippen LogP contribution in [0.3, 0.4) is 0 Å². The van der Waals surface area contributed by atoms with Crippen LogP contribution >= 0.6 is 11.8 Å². The minimum atomic E-state index is -0.247. The summed E-state index contributed by atoms with van der Waals surface area (Å²) in [5, 5.41) is 2.79. The topological polar surface area (TPSA) is 67.9 Å². The smallest absolute Gasteiger partial charge is 0.285 e. The molecule has 0 fully saturated rings. The fourth-order valence-corrected chi connectivity index (χ4v) is 2.91. The number of methoxy groups -OCH3 is 1. The first-order valence-electron chi connectivity index (χ1n) is 9.06. The molecule has 7 heteroatoms. The van der Waals surface area contributed by atoms with Crippen molar-refractivity contribution in [3.8, 4) is 11.5 Å². The van der Waals surface area contributed by atoms with Crippen LogP contribution in [-0.2, 0) is 0 Å². The fourth-order valence-electron chi connectivity index (χ4n) is 2.26. The van der Waals surface area contributed by atoms with Crippen molar-refractivity contribution in [3.63, 3.8) is 0 Å². The number of hydrogen-bond acceptors (Lipinski definition) is 5. The highest BCUT2D eigenvalue weighted by Crippen LogP contribution is 2.29. The zero-order chi connectivity index (χ0) is 20.5. The van der Waals surface area contributed by atoms with E-state index >= 15 is 0 Å². The third-order valence-electron chi connectivity index (χ3n) is 3.86. The predicted octanol–water partition coefficient (Wildman–Crippen LogP) is 4.90. The van der Waals surface area contributed by atoms with Gasteiger partial charge in [-0.15, -0.1) is 0 Å². The molecule has 1 N–H and O–H groups in total. The van der Waals surface area contributed by atoms with Gasteiger partial charge in [-0.1, -0.05) is 13.3 Å². The second kappa shape index (κ2) is 10.6. The summed E-state index contributed by atoms with van der Waals surface area (Å²) in [6.45, 7) is 2.71. The molecule has 2 amide bonds. The van der Waals surface area contributed by atoms with Gasteiger partial charge in [0, 0.05) is 30.2 Å². The highest BCUT2D eigenvalue weighted by atomic mass is 32.2. The zero-order valence-electron chi connectivity index (χ0n) is 16.7. The standard InChI is InChI=1S/C21H26N2O4S/c1-5-6-13-27-18-12-7-15(14-19(18)26-4)20(24)22-16-8-10-17(11-9-16)28-21(25)23(2)3/h7-12,14H,5-6,13H2,1-4H3,(H,22,24). The minimum Gasteiger partial charge on any atom is -0.493 e. The maximum atomic E-state index is 12.5. The predicted molar refractivity (Wildman–Crippen MR) is 113 cm³/mol. The molecular weight excluding hydrogens is 376 g/mol. The van der Waals surface area contributed by atoms with E-state index in [0.29, 0.717) is 29.4 Å². The van der Waals surface area contributed by atoms with Crippen LogP contribution in [-0.4, -0.2) is 43.9 Å². The van der Waals surface area contributed by atoms with Gasteiger partial charge in [0.1, 0.15) is 0 Å². The molecule has 0 aliphatic heterocycles. The molecule has 0 aromatic heterocycles. The Morgan fingerprint density at radius 1 is 1.07 bits per heavy atom. The van der Waals surface area contributed by atoms with E-state index in [1.807, 2.05) is 0 Å². The van der Waals surface area contributed by atoms with Crippen molar-refractivity contribution in [2.45, 2.75) is 24.7 Å². The number of rotatable bonds is 8. The van der Waals surface area contributed by atoms with Gasteiger partial charge in [-0.25, -0.2) is 0 Å². The lowest BCUT2D eigenvalue weighted by atomic mass is 10.2. The molecule has 0 saturated heterocycles. The van der Waals surface area contributed by atoms with Gasteiger partial charge in [0.25, 0.3) is 11.1 Å². The fraction of sp³-hybridized carbons (Fsp3) is 0.333. The lowest BCUT2D eigenvalue weighted by Crippen LogP contribution is -2.16. The summed E-state index contributed by atoms with van der Waals surface area (Å²) in [4.78, 5) is 26.6. The summed E-state index contributed by atoms with van der Waals surface area (Å²) < 4.78 is 11.0. The van der Waals surface area contributed by atoms with Gasteiger partial charge in [0.2, 0.25) is 0 Å². The number of amides is 2. The Balaban J connectivity index is 2.03. The maximum Gasteiger partial charge on any atom is 0.285 e. The normalized spacial score (nSPS) is 10.3. The van der Waals surface area contributed by atoms with Crippen LogP contribution in [0.1, 0.15) is 30.1 Å². The van der Waals surface area contributed by atoms with Crippen LogP contribution in [0, 0.1) is 0 Å². The summed E-state index contributed by atoms with van der Waals surface area (Å²) in [5.74, 6) is 0.903. The van der Waals surface area contributed by atoms with Crippen molar-refractivity contribution in [3.05, 3.63) is 48.0 Å². The molecular formula is C21H26N2O4S. The van der Waals surface area contributed by atoms with E-state index in [9.17, 15) is 9.59 Å². The van der Waals surface area contributed by atoms with Crippen LogP contribution < -0.4 is 14.8 Å². The van der Waals surface area contributed by atoms with Gasteiger partial charge < -0.3 is 19.7 Å². The van der Waals surface area contributed by atoms with Crippen LogP contribution in [0.4, 0.5) is 10.5 Å². The molecule has 28 heavy (non-hydrogen) atoms. The first kappa shape index (κ1) is 21.6. The molecule has 2 aromatic carbocycles. The number of unbranched alkanes of at least 4 members (excludes halogenated alkanes) is 1. The molecule has 0 aliphatic carbocycles. The first-order chi connectivity index (χ1) is 13.4. The monoisotopic (exact) mass is 402 g/mol. The molecule has 0 unspecified atom stereocenters. The molecule has 0 spiro atoms. The number of thioether (sulfide) groups is 1. The van der Waals surface area contributed by atoms with Gasteiger partial charge >= 0.3 is 0 Å². The van der Waals surface area contributed by atoms with E-state index in [1.54, 1.807) is 63.7 Å². The van der Waals surface area contributed by atoms with Crippen molar-refractivity contribution in [2.75, 3.05) is 33.1 Å². The Kier molecular flexibility index (Phi) is 8.19. The molecule has 2 aromatic rings. The van der Waals surface area contributed by atoms with E-state index in [4.69, 9.17) is 9.47 Å². The summed E-state index contributed by atoms with van der Waals surface area (Å²) in [6, 6.07) is 12.2. The molecule has 0 atom stereocenters. The number of benzene rings is 2. The molecule has 2 rings (SSSR count). The highest BCUT2D eigenvalue weighted by molar-refractivity contribution is 8.13. The summed E-state index contributed by atoms with van der Waals surface area (Å²) in [5.41, 5.74) is 1.12. The van der Waals surface area contributed by atoms with E-state index in [0.717, 1.165) is 29.5 Å². The van der Waals surface area contributed by atoms with Crippen molar-refractivity contribution < 1.29 is 19.1 Å². The van der Waals surface area contributed by atoms with E-state index in [-0.39, 0.29) is 11.1 Å². The first-order valence-corrected chi connectivity index (χ1v) is 9.87. The SMILES string of the molecule is CCCCOc1ccc(C(=O)Nc2ccc(SC(=O)N(C)C)cc2)cc1OC. The average molecular weight is 403 g/mol. The van der Waals surface area contributed by atoms with E-state index in [1.165, 1.54) is 4.90 Å². The quantitative estimate of drug-likeness (QED) is 0.502. The zero-order valence-corrected chi connectivity index (χ0v) is 17.5. The molecule has 0 heterocycles. The number of anilines is 1. The lowest BCUT2D eigenvalue weighted by molar-refractivity contribution is 0.102. The van der Waals surface area contributed by atoms with Gasteiger partial charge in [-0.2, -0.15) is 0 Å². The van der Waals surface area contributed by atoms with Crippen LogP contribution in [0.5, 0.6) is 11.5 Å². The number of ether oxygens (including phenoxy) is 2. The molecule has 0 bridgehead atoms. The third kappa shape index (κ3) is 6.20. The Hall–Kier alpha value is -2.67. The number of carbonyl (C=O) groups excluding carboxylic acids is 2. The lowest BCUT2D eigenvalue weighted by Gasteiger charge is -2.12. The van der Waals surface area contributed by atoms with Crippen molar-refractivity contribution >= 4 is 28.6 Å². The van der Waals surface area contributed by atoms with Gasteiger partial charge in [-0.3, -0.25) is 9.59 Å². The van der Waals surface area contributed by atoms with Crippen LogP contribution in [0.25, 0.3) is 0 Å². The number of nitrogens with zero attached hydrogens (tertiary/aromatic N) is 1. The Labute approximate surface area is 170 Å². The highest BCUT2D eigenvalue weighted by Gasteiger charge is 2.12.